The molecule has 6 nitrogen and oxygen atoms in total. The minimum Gasteiger partial charge on any atom is -0.497 e. The SMILES string of the molecule is COc1ccc(C=Nc2ccc(-c3ccc(N=Cc4ccc(C=Nc5ccc(-c6ccc(N=Cc7ccc(OC)cc7)cc6)cc5)cc4)cc3)cc2)cc1. The Hall–Kier alpha value is -7.18. The first-order valence-corrected chi connectivity index (χ1v) is 17.6. The van der Waals surface area contributed by atoms with E-state index < -0.39 is 0 Å². The number of hydrogen-bond donors (Lipinski definition) is 0. The van der Waals surface area contributed by atoms with E-state index in [2.05, 4.69) is 68.5 Å². The molecule has 0 atom stereocenters. The van der Waals surface area contributed by atoms with Gasteiger partial charge in [0.05, 0.1) is 37.0 Å². The summed E-state index contributed by atoms with van der Waals surface area (Å²) in [6.07, 6.45) is 7.47. The molecule has 7 rings (SSSR count). The predicted molar refractivity (Wildman–Crippen MR) is 225 cm³/mol. The van der Waals surface area contributed by atoms with Crippen LogP contribution >= 0.6 is 0 Å². The summed E-state index contributed by atoms with van der Waals surface area (Å²) in [5.74, 6) is 1.66. The van der Waals surface area contributed by atoms with Gasteiger partial charge in [-0.15, -0.1) is 0 Å². The van der Waals surface area contributed by atoms with Crippen molar-refractivity contribution < 1.29 is 9.47 Å². The number of nitrogens with zero attached hydrogens (tertiary/aromatic N) is 4. The van der Waals surface area contributed by atoms with Gasteiger partial charge in [-0.1, -0.05) is 72.8 Å². The third kappa shape index (κ3) is 9.57. The van der Waals surface area contributed by atoms with Crippen LogP contribution in [0.15, 0.2) is 190 Å². The van der Waals surface area contributed by atoms with Crippen molar-refractivity contribution in [1.82, 2.24) is 0 Å². The second kappa shape index (κ2) is 17.4. The van der Waals surface area contributed by atoms with Crippen LogP contribution in [0.4, 0.5) is 22.7 Å². The van der Waals surface area contributed by atoms with Gasteiger partial charge < -0.3 is 9.47 Å². The van der Waals surface area contributed by atoms with E-state index in [0.717, 1.165) is 78.8 Å². The lowest BCUT2D eigenvalue weighted by Gasteiger charge is -2.04. The summed E-state index contributed by atoms with van der Waals surface area (Å²) < 4.78 is 10.4. The second-order valence-corrected chi connectivity index (χ2v) is 12.4. The van der Waals surface area contributed by atoms with E-state index in [1.807, 2.05) is 146 Å². The molecule has 7 aromatic rings. The molecule has 0 saturated carbocycles. The van der Waals surface area contributed by atoms with Crippen LogP contribution in [0.1, 0.15) is 22.3 Å². The molecule has 0 bridgehead atoms. The van der Waals surface area contributed by atoms with Crippen LogP contribution in [0.25, 0.3) is 22.3 Å². The maximum absolute atomic E-state index is 5.22. The second-order valence-electron chi connectivity index (χ2n) is 12.4. The van der Waals surface area contributed by atoms with Crippen molar-refractivity contribution in [2.45, 2.75) is 0 Å². The molecule has 0 aliphatic heterocycles. The van der Waals surface area contributed by atoms with Crippen molar-refractivity contribution in [2.24, 2.45) is 20.0 Å². The lowest BCUT2D eigenvalue weighted by molar-refractivity contribution is 0.414. The molecule has 0 aromatic heterocycles. The molecule has 0 aliphatic rings. The third-order valence-electron chi connectivity index (χ3n) is 8.75. The molecule has 7 aromatic carbocycles. The van der Waals surface area contributed by atoms with E-state index >= 15 is 0 Å². The highest BCUT2D eigenvalue weighted by Gasteiger charge is 2.01. The molecule has 0 spiro atoms. The van der Waals surface area contributed by atoms with E-state index in [-0.39, 0.29) is 0 Å². The Kier molecular flexibility index (Phi) is 11.3. The maximum atomic E-state index is 5.22. The van der Waals surface area contributed by atoms with Crippen LogP contribution in [-0.2, 0) is 0 Å². The summed E-state index contributed by atoms with van der Waals surface area (Å²) in [6, 6.07) is 56.7. The molecule has 6 heteroatoms. The quantitative estimate of drug-likeness (QED) is 0.119. The summed E-state index contributed by atoms with van der Waals surface area (Å²) in [6.45, 7) is 0. The third-order valence-corrected chi connectivity index (χ3v) is 8.75. The molecular formula is C48H38N4O2. The van der Waals surface area contributed by atoms with Gasteiger partial charge in [-0.25, -0.2) is 0 Å². The van der Waals surface area contributed by atoms with Crippen molar-refractivity contribution >= 4 is 47.6 Å². The normalized spacial score (nSPS) is 11.6. The van der Waals surface area contributed by atoms with Crippen LogP contribution in [0.2, 0.25) is 0 Å². The van der Waals surface area contributed by atoms with Crippen molar-refractivity contribution in [2.75, 3.05) is 14.2 Å². The Balaban J connectivity index is 0.895. The van der Waals surface area contributed by atoms with Crippen LogP contribution in [0, 0.1) is 0 Å². The highest BCUT2D eigenvalue weighted by molar-refractivity contribution is 5.87. The zero-order chi connectivity index (χ0) is 37.0. The van der Waals surface area contributed by atoms with Gasteiger partial charge in [0.25, 0.3) is 0 Å². The number of methoxy groups -OCH3 is 2. The average Bonchev–Trinajstić information content (AvgIpc) is 3.25. The largest absolute Gasteiger partial charge is 0.497 e. The fourth-order valence-corrected chi connectivity index (χ4v) is 5.60. The summed E-state index contributed by atoms with van der Waals surface area (Å²) in [4.78, 5) is 18.6. The first kappa shape index (κ1) is 35.2. The van der Waals surface area contributed by atoms with Gasteiger partial charge >= 0.3 is 0 Å². The lowest BCUT2D eigenvalue weighted by atomic mass is 10.1. The number of aliphatic imine (C=N–C) groups is 4. The van der Waals surface area contributed by atoms with Gasteiger partial charge in [0.1, 0.15) is 11.5 Å². The topological polar surface area (TPSA) is 67.9 Å². The van der Waals surface area contributed by atoms with Gasteiger partial charge in [-0.3, -0.25) is 20.0 Å². The van der Waals surface area contributed by atoms with Crippen LogP contribution in [0.5, 0.6) is 11.5 Å². The Labute approximate surface area is 316 Å². The first-order valence-electron chi connectivity index (χ1n) is 17.6. The van der Waals surface area contributed by atoms with Crippen molar-refractivity contribution in [3.05, 3.63) is 192 Å². The number of benzene rings is 7. The molecule has 0 radical (unpaired) electrons. The minimum atomic E-state index is 0.830. The fraction of sp³-hybridized carbons (Fsp3) is 0.0417. The first-order chi connectivity index (χ1) is 26.6. The lowest BCUT2D eigenvalue weighted by Crippen LogP contribution is -1.85. The smallest absolute Gasteiger partial charge is 0.118 e. The number of rotatable bonds is 12. The number of ether oxygens (including phenoxy) is 2. The zero-order valence-electron chi connectivity index (χ0n) is 30.1. The maximum Gasteiger partial charge on any atom is 0.118 e. The highest BCUT2D eigenvalue weighted by atomic mass is 16.5. The van der Waals surface area contributed by atoms with E-state index in [1.165, 1.54) is 0 Å². The van der Waals surface area contributed by atoms with Gasteiger partial charge in [-0.2, -0.15) is 0 Å². The molecule has 262 valence electrons. The minimum absolute atomic E-state index is 0.830. The van der Waals surface area contributed by atoms with Gasteiger partial charge in [0.15, 0.2) is 0 Å². The fourth-order valence-electron chi connectivity index (χ4n) is 5.60. The Morgan fingerprint density at radius 2 is 0.481 bits per heavy atom. The van der Waals surface area contributed by atoms with Crippen LogP contribution < -0.4 is 9.47 Å². The van der Waals surface area contributed by atoms with E-state index in [4.69, 9.17) is 9.47 Å². The standard InChI is InChI=1S/C48H38N4O2/c1-53-47-27-7-37(8-28-47)33-51-45-23-15-41(16-24-45)39-11-19-43(20-12-39)49-31-35-3-5-36(6-4-35)32-50-44-21-13-40(14-22-44)42-17-25-46(26-18-42)52-34-38-9-29-48(54-2)30-10-38/h3-34H,1-2H3. The molecule has 0 amide bonds. The summed E-state index contributed by atoms with van der Waals surface area (Å²) in [7, 11) is 3.32. The Morgan fingerprint density at radius 1 is 0.278 bits per heavy atom. The molecule has 0 N–H and O–H groups in total. The van der Waals surface area contributed by atoms with Crippen molar-refractivity contribution in [3.8, 4) is 33.8 Å². The highest BCUT2D eigenvalue weighted by Crippen LogP contribution is 2.27. The molecule has 0 saturated heterocycles. The summed E-state index contributed by atoms with van der Waals surface area (Å²) in [5.41, 5.74) is 12.2. The molecule has 0 unspecified atom stereocenters. The average molecular weight is 703 g/mol. The molecule has 0 heterocycles. The number of hydrogen-bond acceptors (Lipinski definition) is 6. The van der Waals surface area contributed by atoms with E-state index in [9.17, 15) is 0 Å². The predicted octanol–water partition coefficient (Wildman–Crippen LogP) is 12.0. The molecular weight excluding hydrogens is 665 g/mol. The van der Waals surface area contributed by atoms with Crippen molar-refractivity contribution in [1.29, 1.82) is 0 Å². The van der Waals surface area contributed by atoms with Crippen LogP contribution in [0.3, 0.4) is 0 Å². The summed E-state index contributed by atoms with van der Waals surface area (Å²) >= 11 is 0. The summed E-state index contributed by atoms with van der Waals surface area (Å²) in [5, 5.41) is 0. The Bertz CT molecular complexity index is 2200. The molecule has 54 heavy (non-hydrogen) atoms. The molecule has 0 fully saturated rings. The zero-order valence-corrected chi connectivity index (χ0v) is 30.1. The molecule has 0 aliphatic carbocycles. The van der Waals surface area contributed by atoms with Crippen molar-refractivity contribution in [3.63, 3.8) is 0 Å². The Morgan fingerprint density at radius 3 is 0.685 bits per heavy atom. The van der Waals surface area contributed by atoms with Gasteiger partial charge in [-0.05, 0) is 142 Å². The van der Waals surface area contributed by atoms with E-state index in [1.54, 1.807) is 14.2 Å². The van der Waals surface area contributed by atoms with Crippen LogP contribution in [-0.4, -0.2) is 39.1 Å². The monoisotopic (exact) mass is 702 g/mol. The van der Waals surface area contributed by atoms with Gasteiger partial charge in [0.2, 0.25) is 0 Å². The van der Waals surface area contributed by atoms with Gasteiger partial charge in [0, 0.05) is 24.9 Å². The van der Waals surface area contributed by atoms with E-state index in [0.29, 0.717) is 0 Å².